The summed E-state index contributed by atoms with van der Waals surface area (Å²) in [5.41, 5.74) is 7.06. The molecular formula is C19H27N7O3. The highest BCUT2D eigenvalue weighted by Crippen LogP contribution is 2.27. The molecule has 0 unspecified atom stereocenters. The molecule has 3 rings (SSSR count). The van der Waals surface area contributed by atoms with E-state index in [1.54, 1.807) is 29.2 Å². The van der Waals surface area contributed by atoms with Crippen LogP contribution in [0.25, 0.3) is 0 Å². The Bertz CT molecular complexity index is 822. The second-order valence-corrected chi connectivity index (χ2v) is 6.17. The number of carbonyl (C=O) groups excluding carboxylic acids is 2. The molecule has 2 heterocycles. The molecule has 29 heavy (non-hydrogen) atoms. The maximum absolute atomic E-state index is 12.9. The molecule has 2 aromatic rings. The Morgan fingerprint density at radius 1 is 1.21 bits per heavy atom. The number of carbonyl (C=O) groups is 2. The van der Waals surface area contributed by atoms with Crippen LogP contribution in [0.2, 0.25) is 0 Å². The average molecular weight is 401 g/mol. The molecule has 0 saturated carbocycles. The van der Waals surface area contributed by atoms with Crippen molar-refractivity contribution in [3.63, 3.8) is 0 Å². The normalized spacial score (nSPS) is 17.8. The molecule has 1 saturated heterocycles. The summed E-state index contributed by atoms with van der Waals surface area (Å²) in [6.07, 6.45) is 3.02. The van der Waals surface area contributed by atoms with Crippen LogP contribution in [0.15, 0.2) is 30.5 Å². The maximum Gasteiger partial charge on any atom is 0.360 e. The first-order chi connectivity index (χ1) is 14.0. The number of nitrogen functional groups attached to an aromatic ring is 1. The Hall–Kier alpha value is -3.56. The summed E-state index contributed by atoms with van der Waals surface area (Å²) < 4.78 is 4.65. The fourth-order valence-corrected chi connectivity index (χ4v) is 3.06. The number of esters is 1. The first kappa shape index (κ1) is 23.5. The number of anilines is 1. The summed E-state index contributed by atoms with van der Waals surface area (Å²) in [6.45, 7) is 7.48. The van der Waals surface area contributed by atoms with E-state index < -0.39 is 5.97 Å². The van der Waals surface area contributed by atoms with E-state index in [4.69, 9.17) is 16.6 Å². The van der Waals surface area contributed by atoms with Gasteiger partial charge in [-0.2, -0.15) is 9.90 Å². The van der Waals surface area contributed by atoms with Crippen LogP contribution in [0, 0.1) is 10.8 Å². The van der Waals surface area contributed by atoms with Gasteiger partial charge in [-0.1, -0.05) is 12.1 Å². The van der Waals surface area contributed by atoms with Gasteiger partial charge in [0.2, 0.25) is 0 Å². The van der Waals surface area contributed by atoms with E-state index in [9.17, 15) is 9.59 Å². The van der Waals surface area contributed by atoms with Crippen LogP contribution in [0.5, 0.6) is 0 Å². The minimum absolute atomic E-state index is 0.0940. The van der Waals surface area contributed by atoms with Gasteiger partial charge in [0.25, 0.3) is 5.91 Å². The monoisotopic (exact) mass is 401 g/mol. The van der Waals surface area contributed by atoms with Gasteiger partial charge in [0, 0.05) is 18.3 Å². The molecule has 1 aliphatic heterocycles. The number of aromatic nitrogens is 3. The number of methoxy groups -OCH3 is 1. The third-order valence-electron chi connectivity index (χ3n) is 4.54. The molecule has 10 nitrogen and oxygen atoms in total. The molecule has 0 bridgehead atoms. The van der Waals surface area contributed by atoms with Crippen LogP contribution in [0.1, 0.15) is 46.7 Å². The van der Waals surface area contributed by atoms with E-state index in [0.717, 1.165) is 12.8 Å². The van der Waals surface area contributed by atoms with Gasteiger partial charge < -0.3 is 26.2 Å². The molecule has 1 fully saturated rings. The van der Waals surface area contributed by atoms with Gasteiger partial charge in [0.15, 0.2) is 5.69 Å². The molecule has 1 aliphatic rings. The number of benzene rings is 1. The van der Waals surface area contributed by atoms with Crippen molar-refractivity contribution in [3.05, 3.63) is 41.7 Å². The molecule has 10 heteroatoms. The highest BCUT2D eigenvalue weighted by atomic mass is 16.5. The fourth-order valence-electron chi connectivity index (χ4n) is 3.06. The van der Waals surface area contributed by atoms with E-state index in [0.29, 0.717) is 17.8 Å². The molecular weight excluding hydrogens is 374 g/mol. The summed E-state index contributed by atoms with van der Waals surface area (Å²) >= 11 is 0. The topological polar surface area (TPSA) is 151 Å². The Kier molecular flexibility index (Phi) is 9.17. The molecule has 1 aromatic carbocycles. The van der Waals surface area contributed by atoms with Crippen molar-refractivity contribution in [2.75, 3.05) is 19.4 Å². The summed E-state index contributed by atoms with van der Waals surface area (Å²) in [6, 6.07) is 7.05. The van der Waals surface area contributed by atoms with Gasteiger partial charge >= 0.3 is 5.97 Å². The Morgan fingerprint density at radius 2 is 1.86 bits per heavy atom. The smallest absolute Gasteiger partial charge is 0.360 e. The van der Waals surface area contributed by atoms with E-state index >= 15 is 0 Å². The lowest BCUT2D eigenvalue weighted by atomic mass is 9.98. The van der Waals surface area contributed by atoms with Gasteiger partial charge in [-0.25, -0.2) is 4.79 Å². The van der Waals surface area contributed by atoms with Gasteiger partial charge in [0.05, 0.1) is 24.9 Å². The second-order valence-electron chi connectivity index (χ2n) is 6.17. The Labute approximate surface area is 169 Å². The van der Waals surface area contributed by atoms with Crippen molar-refractivity contribution in [2.45, 2.75) is 31.8 Å². The molecule has 1 amide bonds. The van der Waals surface area contributed by atoms with Crippen LogP contribution in [-0.4, -0.2) is 64.9 Å². The minimum atomic E-state index is -0.527. The van der Waals surface area contributed by atoms with Crippen molar-refractivity contribution in [3.8, 4) is 0 Å². The lowest BCUT2D eigenvalue weighted by Gasteiger charge is -2.37. The molecule has 0 radical (unpaired) electrons. The number of amides is 1. The Morgan fingerprint density at radius 3 is 2.48 bits per heavy atom. The van der Waals surface area contributed by atoms with E-state index in [-0.39, 0.29) is 23.7 Å². The maximum atomic E-state index is 12.9. The number of nitrogens with two attached hydrogens (primary N) is 1. The van der Waals surface area contributed by atoms with Crippen molar-refractivity contribution < 1.29 is 14.3 Å². The number of para-hydroxylation sites is 1. The third kappa shape index (κ3) is 5.47. The molecule has 1 aromatic heterocycles. The second kappa shape index (κ2) is 11.3. The average Bonchev–Trinajstić information content (AvgIpc) is 3.26. The summed E-state index contributed by atoms with van der Waals surface area (Å²) in [5.74, 6) is -0.629. The van der Waals surface area contributed by atoms with Gasteiger partial charge in [-0.15, -0.1) is 5.10 Å². The SMILES string of the molecule is C=N.C=N.COC(=O)c1cnn([C@@H]2CC[C@@H](C)N(C(=O)c3ccccc3N)C2)n1. The number of rotatable bonds is 3. The van der Waals surface area contributed by atoms with Crippen molar-refractivity contribution >= 4 is 31.0 Å². The first-order valence-corrected chi connectivity index (χ1v) is 8.87. The van der Waals surface area contributed by atoms with Crippen LogP contribution < -0.4 is 5.73 Å². The predicted molar refractivity (Wildman–Crippen MR) is 111 cm³/mol. The predicted octanol–water partition coefficient (Wildman–Crippen LogP) is 2.04. The molecule has 0 spiro atoms. The zero-order valence-electron chi connectivity index (χ0n) is 16.7. The molecule has 2 atom stereocenters. The molecule has 156 valence electrons. The standard InChI is InChI=1S/C17H21N5O3.2CH3N/c1-11-7-8-12(22-19-9-15(20-22)17(24)25-2)10-21(11)16(23)13-5-3-4-6-14(13)18;2*1-2/h3-6,9,11-12H,7-8,10,18H2,1-2H3;2*2H,1H2/t11-,12-;;/m1../s1. The van der Waals surface area contributed by atoms with Crippen molar-refractivity contribution in [2.24, 2.45) is 0 Å². The summed E-state index contributed by atoms with van der Waals surface area (Å²) in [7, 11) is 1.30. The number of nitrogens with one attached hydrogen (secondary N) is 2. The Balaban J connectivity index is 0.000000989. The molecule has 0 aliphatic carbocycles. The first-order valence-electron chi connectivity index (χ1n) is 8.87. The van der Waals surface area contributed by atoms with Crippen LogP contribution >= 0.6 is 0 Å². The quantitative estimate of drug-likeness (QED) is 0.407. The number of nitrogens with zero attached hydrogens (tertiary/aromatic N) is 4. The zero-order valence-corrected chi connectivity index (χ0v) is 16.7. The number of piperidine rings is 1. The van der Waals surface area contributed by atoms with Gasteiger partial charge in [0.1, 0.15) is 0 Å². The van der Waals surface area contributed by atoms with Gasteiger partial charge in [-0.3, -0.25) is 4.79 Å². The number of hydrogen-bond donors (Lipinski definition) is 3. The molecule has 4 N–H and O–H groups in total. The number of ether oxygens (including phenoxy) is 1. The largest absolute Gasteiger partial charge is 0.464 e. The van der Waals surface area contributed by atoms with Crippen LogP contribution in [0.3, 0.4) is 0 Å². The highest BCUT2D eigenvalue weighted by Gasteiger charge is 2.32. The van der Waals surface area contributed by atoms with E-state index in [1.165, 1.54) is 18.1 Å². The lowest BCUT2D eigenvalue weighted by molar-refractivity contribution is 0.0537. The summed E-state index contributed by atoms with van der Waals surface area (Å²) in [4.78, 5) is 27.7. The fraction of sp³-hybridized carbons (Fsp3) is 0.368. The van der Waals surface area contributed by atoms with Crippen LogP contribution in [0.4, 0.5) is 5.69 Å². The number of likely N-dealkylation sites (tertiary alicyclic amines) is 1. The van der Waals surface area contributed by atoms with Gasteiger partial charge in [-0.05, 0) is 45.3 Å². The van der Waals surface area contributed by atoms with Crippen molar-refractivity contribution in [1.29, 1.82) is 10.8 Å². The van der Waals surface area contributed by atoms with Crippen LogP contribution in [-0.2, 0) is 4.74 Å². The van der Waals surface area contributed by atoms with E-state index in [2.05, 4.69) is 28.4 Å². The minimum Gasteiger partial charge on any atom is -0.464 e. The third-order valence-corrected chi connectivity index (χ3v) is 4.54. The van der Waals surface area contributed by atoms with E-state index in [1.807, 2.05) is 6.92 Å². The zero-order chi connectivity index (χ0) is 22.0. The summed E-state index contributed by atoms with van der Waals surface area (Å²) in [5, 5.41) is 19.3. The lowest BCUT2D eigenvalue weighted by Crippen LogP contribution is -2.46. The number of hydrogen-bond acceptors (Lipinski definition) is 8. The highest BCUT2D eigenvalue weighted by molar-refractivity contribution is 5.99. The van der Waals surface area contributed by atoms with Crippen molar-refractivity contribution in [1.82, 2.24) is 19.9 Å².